The van der Waals surface area contributed by atoms with Crippen molar-refractivity contribution in [1.82, 2.24) is 19.7 Å². The molecule has 0 aliphatic carbocycles. The fourth-order valence-electron chi connectivity index (χ4n) is 2.55. The van der Waals surface area contributed by atoms with Gasteiger partial charge in [-0.3, -0.25) is 4.68 Å². The molecule has 20 heavy (non-hydrogen) atoms. The number of fused-ring (bicyclic) bond motifs is 1. The molecule has 0 N–H and O–H groups in total. The summed E-state index contributed by atoms with van der Waals surface area (Å²) in [5.74, 6) is 0. The topological polar surface area (TPSA) is 43.6 Å². The molecule has 2 heterocycles. The van der Waals surface area contributed by atoms with Crippen LogP contribution < -0.4 is 0 Å². The van der Waals surface area contributed by atoms with Crippen LogP contribution >= 0.6 is 0 Å². The molecule has 3 rings (SSSR count). The van der Waals surface area contributed by atoms with E-state index in [4.69, 9.17) is 0 Å². The lowest BCUT2D eigenvalue weighted by Crippen LogP contribution is -1.94. The van der Waals surface area contributed by atoms with Crippen molar-refractivity contribution < 1.29 is 0 Å². The summed E-state index contributed by atoms with van der Waals surface area (Å²) < 4.78 is 1.83. The third kappa shape index (κ3) is 2.07. The van der Waals surface area contributed by atoms with Gasteiger partial charge in [0, 0.05) is 13.5 Å². The molecule has 0 fully saturated rings. The number of rotatable bonds is 2. The minimum Gasteiger partial charge on any atom is -0.250 e. The first-order chi connectivity index (χ1) is 9.56. The smallest absolute Gasteiger partial charge is 0.161 e. The molecule has 0 unspecified atom stereocenters. The molecule has 0 saturated carbocycles. The molecule has 4 heteroatoms. The Morgan fingerprint density at radius 1 is 1.05 bits per heavy atom. The molecule has 0 amide bonds. The zero-order valence-corrected chi connectivity index (χ0v) is 12.3. The second-order valence-electron chi connectivity index (χ2n) is 5.32. The molecule has 0 aliphatic rings. The maximum absolute atomic E-state index is 4.61. The average molecular weight is 266 g/mol. The Hall–Kier alpha value is -2.23. The van der Waals surface area contributed by atoms with E-state index in [-0.39, 0.29) is 0 Å². The summed E-state index contributed by atoms with van der Waals surface area (Å²) in [5.41, 5.74) is 6.84. The number of benzene rings is 1. The van der Waals surface area contributed by atoms with Crippen molar-refractivity contribution in [3.63, 3.8) is 0 Å². The second-order valence-corrected chi connectivity index (χ2v) is 5.32. The summed E-state index contributed by atoms with van der Waals surface area (Å²) in [4.78, 5) is 8.62. The molecule has 102 valence electrons. The van der Waals surface area contributed by atoms with Gasteiger partial charge in [0.25, 0.3) is 0 Å². The van der Waals surface area contributed by atoms with Crippen LogP contribution in [0.5, 0.6) is 0 Å². The third-order valence-corrected chi connectivity index (χ3v) is 3.83. The van der Waals surface area contributed by atoms with E-state index in [9.17, 15) is 0 Å². The van der Waals surface area contributed by atoms with Gasteiger partial charge in [0.1, 0.15) is 6.33 Å². The quantitative estimate of drug-likeness (QED) is 0.716. The summed E-state index contributed by atoms with van der Waals surface area (Å²) in [6.45, 7) is 6.28. The lowest BCUT2D eigenvalue weighted by molar-refractivity contribution is 0.764. The Labute approximate surface area is 118 Å². The predicted molar refractivity (Wildman–Crippen MR) is 79.8 cm³/mol. The van der Waals surface area contributed by atoms with Crippen molar-refractivity contribution >= 4 is 11.0 Å². The van der Waals surface area contributed by atoms with Crippen molar-refractivity contribution in [1.29, 1.82) is 0 Å². The molecule has 2 aromatic heterocycles. The Morgan fingerprint density at radius 3 is 2.60 bits per heavy atom. The van der Waals surface area contributed by atoms with Crippen LogP contribution in [0.15, 0.2) is 24.5 Å². The summed E-state index contributed by atoms with van der Waals surface area (Å²) in [6.07, 6.45) is 2.41. The van der Waals surface area contributed by atoms with Gasteiger partial charge >= 0.3 is 0 Å². The van der Waals surface area contributed by atoms with E-state index in [1.807, 2.05) is 18.7 Å². The van der Waals surface area contributed by atoms with Gasteiger partial charge in [-0.25, -0.2) is 9.97 Å². The number of hydrogen-bond acceptors (Lipinski definition) is 3. The molecule has 0 atom stereocenters. The zero-order chi connectivity index (χ0) is 14.3. The maximum atomic E-state index is 4.61. The fraction of sp³-hybridized carbons (Fsp3) is 0.312. The van der Waals surface area contributed by atoms with Crippen LogP contribution in [0.4, 0.5) is 0 Å². The van der Waals surface area contributed by atoms with Gasteiger partial charge in [-0.1, -0.05) is 18.2 Å². The van der Waals surface area contributed by atoms with Gasteiger partial charge in [-0.15, -0.1) is 0 Å². The lowest BCUT2D eigenvalue weighted by atomic mass is 10.0. The SMILES string of the molecule is Cc1ccc(Cc2nn(C)c3ncnc(C)c23)cc1C. The van der Waals surface area contributed by atoms with E-state index in [1.165, 1.54) is 16.7 Å². The van der Waals surface area contributed by atoms with Crippen molar-refractivity contribution in [3.8, 4) is 0 Å². The summed E-state index contributed by atoms with van der Waals surface area (Å²) in [5, 5.41) is 5.69. The standard InChI is InChI=1S/C16H18N4/c1-10-5-6-13(7-11(10)2)8-14-15-12(3)17-9-18-16(15)20(4)19-14/h5-7,9H,8H2,1-4H3. The van der Waals surface area contributed by atoms with E-state index in [1.54, 1.807) is 6.33 Å². The van der Waals surface area contributed by atoms with Crippen molar-refractivity contribution in [2.24, 2.45) is 7.05 Å². The highest BCUT2D eigenvalue weighted by Gasteiger charge is 2.13. The van der Waals surface area contributed by atoms with Crippen molar-refractivity contribution in [2.45, 2.75) is 27.2 Å². The second kappa shape index (κ2) is 4.71. The first-order valence-electron chi connectivity index (χ1n) is 6.75. The Morgan fingerprint density at radius 2 is 1.85 bits per heavy atom. The Bertz CT molecular complexity index is 787. The Kier molecular flexibility index (Phi) is 3.01. The van der Waals surface area contributed by atoms with Crippen LogP contribution in [-0.4, -0.2) is 19.7 Å². The molecular formula is C16H18N4. The van der Waals surface area contributed by atoms with Crippen molar-refractivity contribution in [3.05, 3.63) is 52.6 Å². The zero-order valence-electron chi connectivity index (χ0n) is 12.3. The summed E-state index contributed by atoms with van der Waals surface area (Å²) >= 11 is 0. The first kappa shape index (κ1) is 12.8. The van der Waals surface area contributed by atoms with Crippen LogP contribution in [0.25, 0.3) is 11.0 Å². The average Bonchev–Trinajstić information content (AvgIpc) is 2.72. The van der Waals surface area contributed by atoms with E-state index in [2.05, 4.69) is 47.1 Å². The van der Waals surface area contributed by atoms with Crippen LogP contribution in [0.3, 0.4) is 0 Å². The van der Waals surface area contributed by atoms with Gasteiger partial charge in [-0.2, -0.15) is 5.10 Å². The summed E-state index contributed by atoms with van der Waals surface area (Å²) in [7, 11) is 1.93. The van der Waals surface area contributed by atoms with Gasteiger partial charge < -0.3 is 0 Å². The van der Waals surface area contributed by atoms with E-state index in [0.29, 0.717) is 0 Å². The number of aryl methyl sites for hydroxylation is 4. The van der Waals surface area contributed by atoms with Gasteiger partial charge in [-0.05, 0) is 37.5 Å². The molecule has 0 saturated heterocycles. The molecular weight excluding hydrogens is 248 g/mol. The monoisotopic (exact) mass is 266 g/mol. The highest BCUT2D eigenvalue weighted by molar-refractivity contribution is 5.80. The van der Waals surface area contributed by atoms with Crippen molar-refractivity contribution in [2.75, 3.05) is 0 Å². The number of hydrogen-bond donors (Lipinski definition) is 0. The third-order valence-electron chi connectivity index (χ3n) is 3.83. The molecule has 1 aromatic carbocycles. The van der Waals surface area contributed by atoms with E-state index < -0.39 is 0 Å². The first-order valence-corrected chi connectivity index (χ1v) is 6.75. The van der Waals surface area contributed by atoms with E-state index in [0.717, 1.165) is 28.8 Å². The van der Waals surface area contributed by atoms with Crippen LogP contribution in [0, 0.1) is 20.8 Å². The highest BCUT2D eigenvalue weighted by Crippen LogP contribution is 2.21. The minimum absolute atomic E-state index is 0.812. The highest BCUT2D eigenvalue weighted by atomic mass is 15.3. The molecule has 0 spiro atoms. The normalized spacial score (nSPS) is 11.2. The largest absolute Gasteiger partial charge is 0.250 e. The molecule has 0 radical (unpaired) electrons. The van der Waals surface area contributed by atoms with E-state index >= 15 is 0 Å². The minimum atomic E-state index is 0.812. The maximum Gasteiger partial charge on any atom is 0.161 e. The van der Waals surface area contributed by atoms with Gasteiger partial charge in [0.2, 0.25) is 0 Å². The lowest BCUT2D eigenvalue weighted by Gasteiger charge is -2.04. The molecule has 0 aliphatic heterocycles. The summed E-state index contributed by atoms with van der Waals surface area (Å²) in [6, 6.07) is 6.57. The number of nitrogens with zero attached hydrogens (tertiary/aromatic N) is 4. The number of aromatic nitrogens is 4. The molecule has 0 bridgehead atoms. The van der Waals surface area contributed by atoms with Gasteiger partial charge in [0.15, 0.2) is 5.65 Å². The molecule has 4 nitrogen and oxygen atoms in total. The fourth-order valence-corrected chi connectivity index (χ4v) is 2.55. The predicted octanol–water partition coefficient (Wildman–Crippen LogP) is 2.88. The Balaban J connectivity index is 2.09. The molecule has 3 aromatic rings. The van der Waals surface area contributed by atoms with Crippen LogP contribution in [0.2, 0.25) is 0 Å². The van der Waals surface area contributed by atoms with Crippen LogP contribution in [-0.2, 0) is 13.5 Å². The van der Waals surface area contributed by atoms with Crippen LogP contribution in [0.1, 0.15) is 28.1 Å². The van der Waals surface area contributed by atoms with Gasteiger partial charge in [0.05, 0.1) is 16.8 Å².